The van der Waals surface area contributed by atoms with E-state index in [1.165, 1.54) is 11.5 Å². The lowest BCUT2D eigenvalue weighted by Crippen LogP contribution is -2.54. The summed E-state index contributed by atoms with van der Waals surface area (Å²) in [4.78, 5) is 18.0. The molecule has 1 atom stereocenters. The Balaban J connectivity index is 2.32. The summed E-state index contributed by atoms with van der Waals surface area (Å²) in [5.41, 5.74) is -0.242. The Morgan fingerprint density at radius 2 is 2.21 bits per heavy atom. The van der Waals surface area contributed by atoms with Crippen LogP contribution in [0.2, 0.25) is 0 Å². The van der Waals surface area contributed by atoms with Crippen LogP contribution in [0.3, 0.4) is 0 Å². The summed E-state index contributed by atoms with van der Waals surface area (Å²) in [5.74, 6) is 0.296. The molecule has 19 heavy (non-hydrogen) atoms. The number of carbonyl (C=O) groups is 1. The Kier molecular flexibility index (Phi) is 3.80. The van der Waals surface area contributed by atoms with E-state index in [0.29, 0.717) is 0 Å². The fourth-order valence-electron chi connectivity index (χ4n) is 2.64. The number of hydrogen-bond acceptors (Lipinski definition) is 5. The molecule has 1 N–H and O–H groups in total. The number of piperidine rings is 1. The van der Waals surface area contributed by atoms with Crippen LogP contribution in [0.4, 0.5) is 5.13 Å². The third-order valence-corrected chi connectivity index (χ3v) is 4.47. The average Bonchev–Trinajstić information content (AvgIpc) is 2.75. The maximum Gasteiger partial charge on any atom is 0.326 e. The van der Waals surface area contributed by atoms with E-state index in [0.717, 1.165) is 30.3 Å². The lowest BCUT2D eigenvalue weighted by molar-refractivity contribution is -0.142. The minimum Gasteiger partial charge on any atom is -0.480 e. The molecular formula is C13H21N3O2S. The van der Waals surface area contributed by atoms with Crippen LogP contribution < -0.4 is 4.90 Å². The molecule has 0 saturated carbocycles. The highest BCUT2D eigenvalue weighted by atomic mass is 32.1. The van der Waals surface area contributed by atoms with E-state index in [4.69, 9.17) is 0 Å². The second kappa shape index (κ2) is 5.07. The van der Waals surface area contributed by atoms with Gasteiger partial charge in [0.15, 0.2) is 0 Å². The van der Waals surface area contributed by atoms with E-state index in [-0.39, 0.29) is 11.3 Å². The van der Waals surface area contributed by atoms with E-state index in [2.05, 4.69) is 9.36 Å². The summed E-state index contributed by atoms with van der Waals surface area (Å²) in [6.45, 7) is 8.86. The molecule has 0 radical (unpaired) electrons. The molecule has 6 heteroatoms. The SMILES string of the molecule is CC(C)c1nsc(N2CCCC(C)(C)C2C(=O)O)n1. The quantitative estimate of drug-likeness (QED) is 0.924. The minimum atomic E-state index is -0.772. The molecule has 2 heterocycles. The van der Waals surface area contributed by atoms with Crippen LogP contribution >= 0.6 is 11.5 Å². The maximum absolute atomic E-state index is 11.6. The summed E-state index contributed by atoms with van der Waals surface area (Å²) in [5, 5.41) is 10.3. The lowest BCUT2D eigenvalue weighted by Gasteiger charge is -2.43. The lowest BCUT2D eigenvalue weighted by atomic mass is 9.76. The molecule has 0 spiro atoms. The first-order valence-electron chi connectivity index (χ1n) is 6.66. The van der Waals surface area contributed by atoms with Crippen LogP contribution in [-0.4, -0.2) is 33.0 Å². The first-order valence-corrected chi connectivity index (χ1v) is 7.43. The van der Waals surface area contributed by atoms with Crippen molar-refractivity contribution in [3.63, 3.8) is 0 Å². The average molecular weight is 283 g/mol. The van der Waals surface area contributed by atoms with Crippen molar-refractivity contribution in [3.05, 3.63) is 5.82 Å². The molecule has 0 aliphatic carbocycles. The van der Waals surface area contributed by atoms with E-state index >= 15 is 0 Å². The molecule has 0 aromatic carbocycles. The molecule has 1 saturated heterocycles. The molecule has 1 aliphatic rings. The summed E-state index contributed by atoms with van der Waals surface area (Å²) in [6, 6.07) is -0.519. The van der Waals surface area contributed by atoms with Crippen molar-refractivity contribution < 1.29 is 9.90 Å². The zero-order chi connectivity index (χ0) is 14.2. The van der Waals surface area contributed by atoms with Crippen molar-refractivity contribution in [3.8, 4) is 0 Å². The monoisotopic (exact) mass is 283 g/mol. The molecule has 1 aliphatic heterocycles. The van der Waals surface area contributed by atoms with Crippen molar-refractivity contribution in [2.24, 2.45) is 5.41 Å². The summed E-state index contributed by atoms with van der Waals surface area (Å²) in [6.07, 6.45) is 1.92. The smallest absolute Gasteiger partial charge is 0.326 e. The Bertz CT molecular complexity index is 470. The standard InChI is InChI=1S/C13H21N3O2S/c1-8(2)10-14-12(19-15-10)16-7-5-6-13(3,4)9(16)11(17)18/h8-9H,5-7H2,1-4H3,(H,17,18). The number of hydrogen-bond donors (Lipinski definition) is 1. The zero-order valence-corrected chi connectivity index (χ0v) is 12.7. The van der Waals surface area contributed by atoms with Crippen LogP contribution in [0.5, 0.6) is 0 Å². The highest BCUT2D eigenvalue weighted by Crippen LogP contribution is 2.38. The normalized spacial score (nSPS) is 22.8. The summed E-state index contributed by atoms with van der Waals surface area (Å²) >= 11 is 1.31. The maximum atomic E-state index is 11.6. The second-order valence-corrected chi connectivity index (χ2v) is 6.85. The molecular weight excluding hydrogens is 262 g/mol. The largest absolute Gasteiger partial charge is 0.480 e. The van der Waals surface area contributed by atoms with Gasteiger partial charge in [0.2, 0.25) is 5.13 Å². The number of rotatable bonds is 3. The molecule has 1 fully saturated rings. The van der Waals surface area contributed by atoms with Crippen molar-refractivity contribution in [1.82, 2.24) is 9.36 Å². The van der Waals surface area contributed by atoms with E-state index in [1.807, 2.05) is 32.6 Å². The molecule has 2 rings (SSSR count). The number of aromatic nitrogens is 2. The molecule has 5 nitrogen and oxygen atoms in total. The van der Waals surface area contributed by atoms with Gasteiger partial charge in [-0.15, -0.1) is 0 Å². The van der Waals surface area contributed by atoms with Gasteiger partial charge in [0.05, 0.1) is 0 Å². The van der Waals surface area contributed by atoms with E-state index in [9.17, 15) is 9.90 Å². The van der Waals surface area contributed by atoms with E-state index in [1.54, 1.807) is 0 Å². The number of carboxylic acid groups (broad SMARTS) is 1. The first-order chi connectivity index (χ1) is 8.83. The molecule has 1 unspecified atom stereocenters. The van der Waals surface area contributed by atoms with Gasteiger partial charge >= 0.3 is 5.97 Å². The van der Waals surface area contributed by atoms with Crippen molar-refractivity contribution in [2.45, 2.75) is 52.5 Å². The Morgan fingerprint density at radius 1 is 1.53 bits per heavy atom. The summed E-state index contributed by atoms with van der Waals surface area (Å²) in [7, 11) is 0. The summed E-state index contributed by atoms with van der Waals surface area (Å²) < 4.78 is 4.33. The third-order valence-electron chi connectivity index (χ3n) is 3.70. The van der Waals surface area contributed by atoms with Gasteiger partial charge in [-0.1, -0.05) is 27.7 Å². The first kappa shape index (κ1) is 14.2. The van der Waals surface area contributed by atoms with Crippen LogP contribution in [0.15, 0.2) is 0 Å². The Hall–Kier alpha value is -1.17. The van der Waals surface area contributed by atoms with Crippen molar-refractivity contribution in [1.29, 1.82) is 0 Å². The second-order valence-electron chi connectivity index (χ2n) is 6.12. The van der Waals surface area contributed by atoms with Crippen LogP contribution in [0.25, 0.3) is 0 Å². The number of nitrogens with zero attached hydrogens (tertiary/aromatic N) is 3. The number of aliphatic carboxylic acids is 1. The fourth-order valence-corrected chi connectivity index (χ4v) is 3.51. The number of carboxylic acids is 1. The van der Waals surface area contributed by atoms with Gasteiger partial charge in [-0.25, -0.2) is 9.78 Å². The van der Waals surface area contributed by atoms with Crippen LogP contribution in [0.1, 0.15) is 52.3 Å². The zero-order valence-electron chi connectivity index (χ0n) is 11.9. The van der Waals surface area contributed by atoms with Gasteiger partial charge in [-0.05, 0) is 18.3 Å². The van der Waals surface area contributed by atoms with Crippen molar-refractivity contribution in [2.75, 3.05) is 11.4 Å². The molecule has 1 aromatic rings. The fraction of sp³-hybridized carbons (Fsp3) is 0.769. The van der Waals surface area contributed by atoms with Crippen molar-refractivity contribution >= 4 is 22.6 Å². The molecule has 1 aromatic heterocycles. The Labute approximate surface area is 117 Å². The highest BCUT2D eigenvalue weighted by molar-refractivity contribution is 7.09. The minimum absolute atomic E-state index is 0.242. The topological polar surface area (TPSA) is 66.3 Å². The predicted octanol–water partition coefficient (Wildman–Crippen LogP) is 2.74. The number of anilines is 1. The molecule has 106 valence electrons. The van der Waals surface area contributed by atoms with Gasteiger partial charge in [-0.3, -0.25) is 0 Å². The van der Waals surface area contributed by atoms with Crippen LogP contribution in [-0.2, 0) is 4.79 Å². The van der Waals surface area contributed by atoms with E-state index < -0.39 is 12.0 Å². The van der Waals surface area contributed by atoms with Gasteiger partial charge in [0.1, 0.15) is 11.9 Å². The highest BCUT2D eigenvalue weighted by Gasteiger charge is 2.43. The van der Waals surface area contributed by atoms with Crippen LogP contribution in [0, 0.1) is 5.41 Å². The van der Waals surface area contributed by atoms with Gasteiger partial charge in [0, 0.05) is 24.0 Å². The van der Waals surface area contributed by atoms with Gasteiger partial charge < -0.3 is 10.0 Å². The Morgan fingerprint density at radius 3 is 2.74 bits per heavy atom. The molecule has 0 bridgehead atoms. The molecule has 0 amide bonds. The van der Waals surface area contributed by atoms with Gasteiger partial charge in [0.25, 0.3) is 0 Å². The third kappa shape index (κ3) is 2.73. The van der Waals surface area contributed by atoms with Gasteiger partial charge in [-0.2, -0.15) is 4.37 Å². The predicted molar refractivity (Wildman–Crippen MR) is 75.8 cm³/mol.